The number of benzene rings is 2. The van der Waals surface area contributed by atoms with Crippen molar-refractivity contribution in [3.05, 3.63) is 63.2 Å². The number of nitro benzene ring substituents is 1. The second-order valence-corrected chi connectivity index (χ2v) is 9.00. The average molecular weight is 455 g/mol. The van der Waals surface area contributed by atoms with Crippen LogP contribution in [0.3, 0.4) is 0 Å². The Morgan fingerprint density at radius 2 is 1.93 bits per heavy atom. The summed E-state index contributed by atoms with van der Waals surface area (Å²) in [6.07, 6.45) is 0. The fourth-order valence-corrected chi connectivity index (χ4v) is 4.39. The minimum absolute atomic E-state index is 0.136. The van der Waals surface area contributed by atoms with Gasteiger partial charge in [0, 0.05) is 30.7 Å². The second kappa shape index (κ2) is 9.71. The van der Waals surface area contributed by atoms with Crippen LogP contribution in [-0.2, 0) is 14.8 Å². The van der Waals surface area contributed by atoms with E-state index in [1.807, 2.05) is 24.3 Å². The molecule has 1 atom stereocenters. The van der Waals surface area contributed by atoms with Crippen LogP contribution < -0.4 is 10.0 Å². The van der Waals surface area contributed by atoms with Crippen molar-refractivity contribution >= 4 is 33.0 Å². The fraction of sp³-hybridized carbons (Fsp3) is 0.368. The molecule has 11 heteroatoms. The number of halogens is 1. The normalized spacial score (nSPS) is 16.2. The monoisotopic (exact) mass is 454 g/mol. The molecule has 3 rings (SSSR count). The van der Waals surface area contributed by atoms with Gasteiger partial charge in [-0.2, -0.15) is 0 Å². The van der Waals surface area contributed by atoms with Crippen LogP contribution in [0.4, 0.5) is 11.4 Å². The van der Waals surface area contributed by atoms with Gasteiger partial charge in [0.15, 0.2) is 0 Å². The number of sulfonamides is 1. The van der Waals surface area contributed by atoms with Crippen LogP contribution in [0.2, 0.25) is 5.02 Å². The first-order chi connectivity index (χ1) is 14.3. The SMILES string of the molecule is CNS(=O)(=O)c1ccc(NCC(c2ccccc2Cl)N2CCOCC2)c([N+](=O)[O-])c1. The molecule has 2 aromatic carbocycles. The molecule has 30 heavy (non-hydrogen) atoms. The maximum Gasteiger partial charge on any atom is 0.293 e. The average Bonchev–Trinajstić information content (AvgIpc) is 2.75. The predicted octanol–water partition coefficient (Wildman–Crippen LogP) is 2.64. The van der Waals surface area contributed by atoms with Gasteiger partial charge < -0.3 is 10.1 Å². The van der Waals surface area contributed by atoms with Crippen molar-refractivity contribution in [2.75, 3.05) is 45.2 Å². The Bertz CT molecular complexity index is 1010. The maximum atomic E-state index is 12.0. The molecule has 0 spiro atoms. The van der Waals surface area contributed by atoms with Gasteiger partial charge in [0.1, 0.15) is 5.69 Å². The van der Waals surface area contributed by atoms with Crippen LogP contribution in [0.25, 0.3) is 0 Å². The molecule has 1 heterocycles. The third kappa shape index (κ3) is 5.08. The molecule has 1 unspecified atom stereocenters. The zero-order chi connectivity index (χ0) is 21.7. The Morgan fingerprint density at radius 1 is 1.23 bits per heavy atom. The number of morpholine rings is 1. The first-order valence-electron chi connectivity index (χ1n) is 9.35. The number of nitrogens with one attached hydrogen (secondary N) is 2. The van der Waals surface area contributed by atoms with Crippen LogP contribution >= 0.6 is 11.6 Å². The van der Waals surface area contributed by atoms with Gasteiger partial charge in [-0.3, -0.25) is 15.0 Å². The first kappa shape index (κ1) is 22.4. The lowest BCUT2D eigenvalue weighted by atomic mass is 10.0. The predicted molar refractivity (Wildman–Crippen MR) is 114 cm³/mol. The van der Waals surface area contributed by atoms with Gasteiger partial charge in [-0.25, -0.2) is 13.1 Å². The Kier molecular flexibility index (Phi) is 7.27. The topological polar surface area (TPSA) is 114 Å². The lowest BCUT2D eigenvalue weighted by molar-refractivity contribution is -0.384. The third-order valence-corrected chi connectivity index (χ3v) is 6.74. The fourth-order valence-electron chi connectivity index (χ4n) is 3.37. The van der Waals surface area contributed by atoms with E-state index in [0.29, 0.717) is 37.9 Å². The quantitative estimate of drug-likeness (QED) is 0.465. The van der Waals surface area contributed by atoms with Crippen LogP contribution in [0.15, 0.2) is 47.4 Å². The third-order valence-electron chi connectivity index (χ3n) is 4.98. The number of nitro groups is 1. The highest BCUT2D eigenvalue weighted by molar-refractivity contribution is 7.89. The van der Waals surface area contributed by atoms with Gasteiger partial charge in [-0.05, 0) is 30.8 Å². The molecule has 0 saturated carbocycles. The highest BCUT2D eigenvalue weighted by atomic mass is 35.5. The molecule has 1 aliphatic heterocycles. The van der Waals surface area contributed by atoms with Gasteiger partial charge in [0.05, 0.1) is 29.1 Å². The lowest BCUT2D eigenvalue weighted by Gasteiger charge is -2.35. The molecule has 1 saturated heterocycles. The highest BCUT2D eigenvalue weighted by Gasteiger charge is 2.26. The number of ether oxygens (including phenoxy) is 1. The summed E-state index contributed by atoms with van der Waals surface area (Å²) in [6, 6.07) is 11.1. The number of rotatable bonds is 8. The van der Waals surface area contributed by atoms with Crippen LogP contribution in [0.1, 0.15) is 11.6 Å². The molecular weight excluding hydrogens is 432 g/mol. The molecule has 0 aliphatic carbocycles. The Hall–Kier alpha value is -2.24. The van der Waals surface area contributed by atoms with Gasteiger partial charge in [-0.1, -0.05) is 29.8 Å². The lowest BCUT2D eigenvalue weighted by Crippen LogP contribution is -2.41. The smallest absolute Gasteiger partial charge is 0.293 e. The van der Waals surface area contributed by atoms with E-state index in [9.17, 15) is 18.5 Å². The maximum absolute atomic E-state index is 12.0. The van der Waals surface area contributed by atoms with E-state index < -0.39 is 14.9 Å². The van der Waals surface area contributed by atoms with Crippen molar-refractivity contribution in [2.24, 2.45) is 0 Å². The summed E-state index contributed by atoms with van der Waals surface area (Å²) >= 11 is 6.42. The first-order valence-corrected chi connectivity index (χ1v) is 11.2. The van der Waals surface area contributed by atoms with Crippen molar-refractivity contribution in [3.63, 3.8) is 0 Å². The van der Waals surface area contributed by atoms with Crippen LogP contribution in [0.5, 0.6) is 0 Å². The summed E-state index contributed by atoms with van der Waals surface area (Å²) in [5.41, 5.74) is 0.831. The Labute approximate surface area is 180 Å². The molecule has 162 valence electrons. The van der Waals surface area contributed by atoms with Gasteiger partial charge in [-0.15, -0.1) is 0 Å². The van der Waals surface area contributed by atoms with E-state index in [1.165, 1.54) is 19.2 Å². The van der Waals surface area contributed by atoms with E-state index in [0.717, 1.165) is 11.6 Å². The highest BCUT2D eigenvalue weighted by Crippen LogP contribution is 2.31. The van der Waals surface area contributed by atoms with Gasteiger partial charge in [0.25, 0.3) is 5.69 Å². The number of hydrogen-bond donors (Lipinski definition) is 2. The summed E-state index contributed by atoms with van der Waals surface area (Å²) in [4.78, 5) is 13.0. The molecule has 0 amide bonds. The van der Waals surface area contributed by atoms with Crippen molar-refractivity contribution in [1.29, 1.82) is 0 Å². The van der Waals surface area contributed by atoms with Gasteiger partial charge in [0.2, 0.25) is 10.0 Å². The Morgan fingerprint density at radius 3 is 2.57 bits per heavy atom. The van der Waals surface area contributed by atoms with Crippen LogP contribution in [-0.4, -0.2) is 58.1 Å². The molecule has 9 nitrogen and oxygen atoms in total. The van der Waals surface area contributed by atoms with Crippen molar-refractivity contribution < 1.29 is 18.1 Å². The molecular formula is C19H23ClN4O5S. The van der Waals surface area contributed by atoms with Crippen LogP contribution in [0, 0.1) is 10.1 Å². The van der Waals surface area contributed by atoms with Crippen molar-refractivity contribution in [3.8, 4) is 0 Å². The van der Waals surface area contributed by atoms with E-state index in [-0.39, 0.29) is 22.3 Å². The van der Waals surface area contributed by atoms with Crippen molar-refractivity contribution in [1.82, 2.24) is 9.62 Å². The number of hydrogen-bond acceptors (Lipinski definition) is 7. The van der Waals surface area contributed by atoms with E-state index in [2.05, 4.69) is 14.9 Å². The Balaban J connectivity index is 1.89. The zero-order valence-electron chi connectivity index (χ0n) is 16.4. The largest absolute Gasteiger partial charge is 0.379 e. The summed E-state index contributed by atoms with van der Waals surface area (Å²) in [6.45, 7) is 2.95. The molecule has 0 aromatic heterocycles. The summed E-state index contributed by atoms with van der Waals surface area (Å²) < 4.78 is 31.6. The number of nitrogens with zero attached hydrogens (tertiary/aromatic N) is 2. The van der Waals surface area contributed by atoms with E-state index >= 15 is 0 Å². The zero-order valence-corrected chi connectivity index (χ0v) is 17.9. The summed E-state index contributed by atoms with van der Waals surface area (Å²) in [5, 5.41) is 15.3. The van der Waals surface area contributed by atoms with Crippen molar-refractivity contribution in [2.45, 2.75) is 10.9 Å². The summed E-state index contributed by atoms with van der Waals surface area (Å²) in [5.74, 6) is 0. The second-order valence-electron chi connectivity index (χ2n) is 6.71. The molecule has 1 fully saturated rings. The molecule has 0 radical (unpaired) electrons. The minimum atomic E-state index is -3.79. The minimum Gasteiger partial charge on any atom is -0.379 e. The molecule has 0 bridgehead atoms. The van der Waals surface area contributed by atoms with E-state index in [1.54, 1.807) is 0 Å². The standard InChI is InChI=1S/C19H23ClN4O5S/c1-21-30(27,28)14-6-7-17(18(12-14)24(25)26)22-13-19(23-8-10-29-11-9-23)15-4-2-3-5-16(15)20/h2-7,12,19,21-22H,8-11,13H2,1H3. The van der Waals surface area contributed by atoms with E-state index in [4.69, 9.17) is 16.3 Å². The summed E-state index contributed by atoms with van der Waals surface area (Å²) in [7, 11) is -2.54. The number of anilines is 1. The molecule has 2 N–H and O–H groups in total. The molecule has 2 aromatic rings. The molecule has 1 aliphatic rings. The van der Waals surface area contributed by atoms with Gasteiger partial charge >= 0.3 is 0 Å².